The van der Waals surface area contributed by atoms with Crippen molar-refractivity contribution in [3.8, 4) is 5.69 Å². The molecule has 5 rings (SSSR count). The lowest BCUT2D eigenvalue weighted by Crippen LogP contribution is -2.48. The average Bonchev–Trinajstić information content (AvgIpc) is 3.43. The maximum absolute atomic E-state index is 12.8. The monoisotopic (exact) mass is 473 g/mol. The standard InChI is InChI=1S/C25H25N7O.H2S/c33-25(21-9-5-2-6-10-21)31-15-13-30(14-16-31)22-11-12-24(32-19-27-28-29-32)23(17-22)26-18-20-7-3-1-4-8-20;/h1-12,17,19,26H,13-16,18H2;1H2. The second-order valence-corrected chi connectivity index (χ2v) is 7.94. The van der Waals surface area contributed by atoms with Crippen molar-refractivity contribution in [3.63, 3.8) is 0 Å². The predicted molar refractivity (Wildman–Crippen MR) is 138 cm³/mol. The number of nitrogens with zero attached hydrogens (tertiary/aromatic N) is 6. The van der Waals surface area contributed by atoms with Crippen molar-refractivity contribution in [1.29, 1.82) is 0 Å². The number of piperazine rings is 1. The number of tetrazole rings is 1. The molecule has 174 valence electrons. The molecule has 3 aromatic carbocycles. The number of amides is 1. The molecular weight excluding hydrogens is 446 g/mol. The van der Waals surface area contributed by atoms with Crippen LogP contribution in [0.1, 0.15) is 15.9 Å². The molecule has 1 saturated heterocycles. The van der Waals surface area contributed by atoms with Crippen LogP contribution in [0, 0.1) is 0 Å². The first-order chi connectivity index (χ1) is 16.3. The summed E-state index contributed by atoms with van der Waals surface area (Å²) in [7, 11) is 0. The number of benzene rings is 3. The third-order valence-electron chi connectivity index (χ3n) is 5.85. The second kappa shape index (κ2) is 10.8. The van der Waals surface area contributed by atoms with Gasteiger partial charge < -0.3 is 15.1 Å². The molecule has 1 fully saturated rings. The number of anilines is 2. The van der Waals surface area contributed by atoms with Gasteiger partial charge in [-0.05, 0) is 46.3 Å². The van der Waals surface area contributed by atoms with E-state index in [9.17, 15) is 4.79 Å². The van der Waals surface area contributed by atoms with Crippen molar-refractivity contribution < 1.29 is 4.79 Å². The molecule has 0 aliphatic carbocycles. The van der Waals surface area contributed by atoms with Gasteiger partial charge >= 0.3 is 0 Å². The highest BCUT2D eigenvalue weighted by Crippen LogP contribution is 2.28. The minimum Gasteiger partial charge on any atom is -0.379 e. The molecular formula is C25H27N7OS. The van der Waals surface area contributed by atoms with Crippen LogP contribution in [0.15, 0.2) is 85.2 Å². The maximum atomic E-state index is 12.8. The quantitative estimate of drug-likeness (QED) is 0.463. The first-order valence-corrected chi connectivity index (χ1v) is 11.0. The van der Waals surface area contributed by atoms with Crippen LogP contribution < -0.4 is 10.2 Å². The summed E-state index contributed by atoms with van der Waals surface area (Å²) in [4.78, 5) is 17.0. The highest BCUT2D eigenvalue weighted by atomic mass is 32.1. The summed E-state index contributed by atoms with van der Waals surface area (Å²) in [5.74, 6) is 0.0921. The van der Waals surface area contributed by atoms with E-state index < -0.39 is 0 Å². The van der Waals surface area contributed by atoms with E-state index in [1.165, 1.54) is 5.56 Å². The zero-order valence-electron chi connectivity index (χ0n) is 18.7. The number of carbonyl (C=O) groups excluding carboxylic acids is 1. The number of aromatic nitrogens is 4. The molecule has 2 heterocycles. The van der Waals surface area contributed by atoms with Gasteiger partial charge in [0.05, 0.1) is 11.4 Å². The summed E-state index contributed by atoms with van der Waals surface area (Å²) in [6.07, 6.45) is 1.59. The van der Waals surface area contributed by atoms with Gasteiger partial charge in [-0.2, -0.15) is 18.2 Å². The van der Waals surface area contributed by atoms with Crippen LogP contribution in [-0.2, 0) is 6.54 Å². The number of nitrogens with one attached hydrogen (secondary N) is 1. The molecule has 9 heteroatoms. The van der Waals surface area contributed by atoms with Gasteiger partial charge in [-0.25, -0.2) is 0 Å². The van der Waals surface area contributed by atoms with Gasteiger partial charge in [0.1, 0.15) is 6.33 Å². The molecule has 0 spiro atoms. The topological polar surface area (TPSA) is 79.2 Å². The summed E-state index contributed by atoms with van der Waals surface area (Å²) < 4.78 is 1.66. The molecule has 34 heavy (non-hydrogen) atoms. The predicted octanol–water partition coefficient (Wildman–Crippen LogP) is 3.35. The van der Waals surface area contributed by atoms with Crippen LogP contribution in [0.25, 0.3) is 5.69 Å². The number of hydrogen-bond donors (Lipinski definition) is 1. The Morgan fingerprint density at radius 2 is 1.59 bits per heavy atom. The van der Waals surface area contributed by atoms with Crippen LogP contribution in [0.4, 0.5) is 11.4 Å². The van der Waals surface area contributed by atoms with Gasteiger partial charge in [0, 0.05) is 44.0 Å². The lowest BCUT2D eigenvalue weighted by atomic mass is 10.1. The zero-order valence-corrected chi connectivity index (χ0v) is 19.7. The van der Waals surface area contributed by atoms with Crippen molar-refractivity contribution in [1.82, 2.24) is 25.1 Å². The van der Waals surface area contributed by atoms with Gasteiger partial charge in [-0.1, -0.05) is 48.5 Å². The fraction of sp³-hybridized carbons (Fsp3) is 0.200. The maximum Gasteiger partial charge on any atom is 0.253 e. The number of hydrogen-bond acceptors (Lipinski definition) is 6. The largest absolute Gasteiger partial charge is 0.379 e. The normalized spacial score (nSPS) is 13.3. The van der Waals surface area contributed by atoms with E-state index in [0.29, 0.717) is 19.6 Å². The van der Waals surface area contributed by atoms with E-state index in [1.54, 1.807) is 11.0 Å². The van der Waals surface area contributed by atoms with E-state index in [1.807, 2.05) is 59.5 Å². The number of carbonyl (C=O) groups is 1. The summed E-state index contributed by atoms with van der Waals surface area (Å²) >= 11 is 0. The Hall–Kier alpha value is -3.85. The first kappa shape index (κ1) is 23.3. The van der Waals surface area contributed by atoms with Crippen LogP contribution in [0.3, 0.4) is 0 Å². The van der Waals surface area contributed by atoms with Gasteiger partial charge in [0.25, 0.3) is 5.91 Å². The van der Waals surface area contributed by atoms with Crippen LogP contribution in [-0.4, -0.2) is 57.2 Å². The smallest absolute Gasteiger partial charge is 0.253 e. The Morgan fingerprint density at radius 1 is 0.882 bits per heavy atom. The summed E-state index contributed by atoms with van der Waals surface area (Å²) in [6.45, 7) is 3.63. The Morgan fingerprint density at radius 3 is 2.26 bits per heavy atom. The first-order valence-electron chi connectivity index (χ1n) is 11.0. The fourth-order valence-electron chi connectivity index (χ4n) is 4.06. The average molecular weight is 474 g/mol. The Balaban J connectivity index is 0.00000274. The molecule has 1 aliphatic rings. The van der Waals surface area contributed by atoms with Crippen molar-refractivity contribution in [2.24, 2.45) is 0 Å². The zero-order chi connectivity index (χ0) is 22.5. The van der Waals surface area contributed by atoms with Gasteiger partial charge in [-0.15, -0.1) is 5.10 Å². The van der Waals surface area contributed by atoms with E-state index in [0.717, 1.165) is 35.7 Å². The molecule has 8 nitrogen and oxygen atoms in total. The SMILES string of the molecule is O=C(c1ccccc1)N1CCN(c2ccc(-n3cnnn3)c(NCc3ccccc3)c2)CC1.S. The van der Waals surface area contributed by atoms with Gasteiger partial charge in [0.2, 0.25) is 0 Å². The summed E-state index contributed by atoms with van der Waals surface area (Å²) in [5.41, 5.74) is 4.88. The Kier molecular flexibility index (Phi) is 7.44. The molecule has 1 N–H and O–H groups in total. The van der Waals surface area contributed by atoms with Crippen molar-refractivity contribution in [3.05, 3.63) is 96.3 Å². The molecule has 0 radical (unpaired) electrons. The summed E-state index contributed by atoms with van der Waals surface area (Å²) in [6, 6.07) is 26.0. The van der Waals surface area contributed by atoms with Crippen molar-refractivity contribution in [2.75, 3.05) is 36.4 Å². The molecule has 4 aromatic rings. The molecule has 0 atom stereocenters. The molecule has 0 unspecified atom stereocenters. The Bertz CT molecular complexity index is 1190. The minimum atomic E-state index is 0. The van der Waals surface area contributed by atoms with Gasteiger partial charge in [-0.3, -0.25) is 4.79 Å². The molecule has 1 aromatic heterocycles. The van der Waals surface area contributed by atoms with Crippen LogP contribution >= 0.6 is 13.5 Å². The minimum absolute atomic E-state index is 0. The molecule has 0 saturated carbocycles. The third-order valence-corrected chi connectivity index (χ3v) is 5.85. The fourth-order valence-corrected chi connectivity index (χ4v) is 4.06. The Labute approximate surface area is 205 Å². The molecule has 1 aliphatic heterocycles. The van der Waals surface area contributed by atoms with Crippen LogP contribution in [0.2, 0.25) is 0 Å². The second-order valence-electron chi connectivity index (χ2n) is 7.94. The molecule has 0 bridgehead atoms. The third kappa shape index (κ3) is 5.20. The van der Waals surface area contributed by atoms with Crippen LogP contribution in [0.5, 0.6) is 0 Å². The van der Waals surface area contributed by atoms with Crippen molar-refractivity contribution in [2.45, 2.75) is 6.54 Å². The number of rotatable bonds is 6. The summed E-state index contributed by atoms with van der Waals surface area (Å²) in [5, 5.41) is 15.2. The van der Waals surface area contributed by atoms with E-state index in [4.69, 9.17) is 0 Å². The van der Waals surface area contributed by atoms with Gasteiger partial charge in [0.15, 0.2) is 0 Å². The van der Waals surface area contributed by atoms with Crippen molar-refractivity contribution >= 4 is 30.8 Å². The highest BCUT2D eigenvalue weighted by Gasteiger charge is 2.23. The van der Waals surface area contributed by atoms with E-state index in [-0.39, 0.29) is 19.4 Å². The lowest BCUT2D eigenvalue weighted by Gasteiger charge is -2.36. The highest BCUT2D eigenvalue weighted by molar-refractivity contribution is 7.59. The van der Waals surface area contributed by atoms with E-state index >= 15 is 0 Å². The lowest BCUT2D eigenvalue weighted by molar-refractivity contribution is 0.0747. The molecule has 1 amide bonds. The van der Waals surface area contributed by atoms with E-state index in [2.05, 4.69) is 50.0 Å².